The van der Waals surface area contributed by atoms with Crippen molar-refractivity contribution in [2.45, 2.75) is 39.7 Å². The Bertz CT molecular complexity index is 410. The third-order valence-electron chi connectivity index (χ3n) is 3.48. The number of hydrogen-bond donors (Lipinski definition) is 2. The maximum atomic E-state index is 8.83. The summed E-state index contributed by atoms with van der Waals surface area (Å²) in [5, 5.41) is 13.1. The van der Waals surface area contributed by atoms with Gasteiger partial charge in [-0.15, -0.1) is 0 Å². The quantitative estimate of drug-likeness (QED) is 0.647. The van der Waals surface area contributed by atoms with Gasteiger partial charge in [0.25, 0.3) is 0 Å². The Hall–Kier alpha value is -0.770. The van der Waals surface area contributed by atoms with Crippen LogP contribution in [-0.2, 0) is 6.54 Å². The van der Waals surface area contributed by atoms with Crippen molar-refractivity contribution < 1.29 is 5.11 Å². The van der Waals surface area contributed by atoms with Crippen LogP contribution in [0.4, 0.5) is 5.69 Å². The molecule has 21 heavy (non-hydrogen) atoms. The van der Waals surface area contributed by atoms with Crippen LogP contribution < -0.4 is 10.2 Å². The molecule has 3 nitrogen and oxygen atoms in total. The number of hydrogen-bond acceptors (Lipinski definition) is 3. The Morgan fingerprint density at radius 3 is 2.67 bits per heavy atom. The molecule has 0 bridgehead atoms. The first-order valence-corrected chi connectivity index (χ1v) is 8.23. The molecular formula is C17H29ClN2O. The van der Waals surface area contributed by atoms with E-state index in [1.165, 1.54) is 11.3 Å². The topological polar surface area (TPSA) is 35.5 Å². The van der Waals surface area contributed by atoms with Crippen LogP contribution in [0.15, 0.2) is 18.2 Å². The van der Waals surface area contributed by atoms with Gasteiger partial charge in [-0.1, -0.05) is 31.5 Å². The summed E-state index contributed by atoms with van der Waals surface area (Å²) in [5.74, 6) is 0.650. The molecule has 0 aliphatic rings. The van der Waals surface area contributed by atoms with Gasteiger partial charge in [0.05, 0.1) is 0 Å². The van der Waals surface area contributed by atoms with E-state index >= 15 is 0 Å². The van der Waals surface area contributed by atoms with Gasteiger partial charge in [-0.3, -0.25) is 0 Å². The fraction of sp³-hybridized carbons (Fsp3) is 0.647. The van der Waals surface area contributed by atoms with Gasteiger partial charge in [0, 0.05) is 37.5 Å². The molecule has 4 heteroatoms. The lowest BCUT2D eigenvalue weighted by atomic mass is 10.1. The van der Waals surface area contributed by atoms with Gasteiger partial charge in [-0.2, -0.15) is 0 Å². The monoisotopic (exact) mass is 312 g/mol. The predicted octanol–water partition coefficient (Wildman–Crippen LogP) is 3.68. The first-order chi connectivity index (χ1) is 10.0. The first-order valence-electron chi connectivity index (χ1n) is 7.85. The zero-order chi connectivity index (χ0) is 15.7. The highest BCUT2D eigenvalue weighted by Crippen LogP contribution is 2.24. The molecule has 0 fully saturated rings. The number of rotatable bonds is 10. The van der Waals surface area contributed by atoms with E-state index in [0.29, 0.717) is 5.92 Å². The minimum Gasteiger partial charge on any atom is -0.396 e. The Morgan fingerprint density at radius 1 is 1.24 bits per heavy atom. The van der Waals surface area contributed by atoms with E-state index in [4.69, 9.17) is 16.7 Å². The van der Waals surface area contributed by atoms with Gasteiger partial charge in [-0.05, 0) is 49.4 Å². The Morgan fingerprint density at radius 2 is 2.00 bits per heavy atom. The molecule has 1 rings (SSSR count). The molecule has 0 amide bonds. The minimum absolute atomic E-state index is 0.283. The van der Waals surface area contributed by atoms with Gasteiger partial charge in [0.15, 0.2) is 0 Å². The van der Waals surface area contributed by atoms with Crippen LogP contribution in [-0.4, -0.2) is 31.9 Å². The Balaban J connectivity index is 2.62. The third-order valence-corrected chi connectivity index (χ3v) is 3.71. The highest BCUT2D eigenvalue weighted by molar-refractivity contribution is 6.30. The normalized spacial score (nSPS) is 11.1. The van der Waals surface area contributed by atoms with Crippen molar-refractivity contribution in [3.05, 3.63) is 28.8 Å². The fourth-order valence-electron chi connectivity index (χ4n) is 2.30. The molecule has 120 valence electrons. The average Bonchev–Trinajstić information content (AvgIpc) is 2.44. The van der Waals surface area contributed by atoms with Crippen molar-refractivity contribution in [1.29, 1.82) is 0 Å². The molecule has 0 aliphatic carbocycles. The van der Waals surface area contributed by atoms with Crippen molar-refractivity contribution in [1.82, 2.24) is 5.32 Å². The summed E-state index contributed by atoms with van der Waals surface area (Å²) in [6, 6.07) is 6.10. The summed E-state index contributed by atoms with van der Waals surface area (Å²) >= 11 is 6.15. The molecule has 1 aromatic rings. The second-order valence-electron chi connectivity index (χ2n) is 6.00. The molecule has 0 aliphatic heterocycles. The van der Waals surface area contributed by atoms with E-state index < -0.39 is 0 Å². The minimum atomic E-state index is 0.283. The van der Waals surface area contributed by atoms with Crippen LogP contribution in [0.3, 0.4) is 0 Å². The van der Waals surface area contributed by atoms with Crippen molar-refractivity contribution in [3.8, 4) is 0 Å². The second kappa shape index (κ2) is 10.0. The summed E-state index contributed by atoms with van der Waals surface area (Å²) in [6.45, 7) is 7.57. The van der Waals surface area contributed by atoms with E-state index in [-0.39, 0.29) is 6.61 Å². The number of benzene rings is 1. The van der Waals surface area contributed by atoms with Crippen LogP contribution in [0.5, 0.6) is 0 Å². The number of unbranched alkanes of at least 4 members (excludes halogenated alkanes) is 2. The molecular weight excluding hydrogens is 284 g/mol. The van der Waals surface area contributed by atoms with Gasteiger partial charge >= 0.3 is 0 Å². The molecule has 0 spiro atoms. The number of aliphatic hydroxyl groups excluding tert-OH is 1. The number of nitrogens with zero attached hydrogens (tertiary/aromatic N) is 1. The standard InChI is InChI=1S/C17H29ClN2O/c1-14(2)12-19-13-15-7-8-16(18)11-17(15)20(3)9-5-4-6-10-21/h7-8,11,14,19,21H,4-6,9-10,12-13H2,1-3H3. The summed E-state index contributed by atoms with van der Waals surface area (Å²) in [7, 11) is 2.11. The summed E-state index contributed by atoms with van der Waals surface area (Å²) in [6.07, 6.45) is 3.02. The molecule has 0 atom stereocenters. The summed E-state index contributed by atoms with van der Waals surface area (Å²) in [4.78, 5) is 2.26. The maximum Gasteiger partial charge on any atom is 0.0431 e. The second-order valence-corrected chi connectivity index (χ2v) is 6.44. The van der Waals surface area contributed by atoms with Gasteiger partial charge in [-0.25, -0.2) is 0 Å². The highest BCUT2D eigenvalue weighted by Gasteiger charge is 2.08. The number of nitrogens with one attached hydrogen (secondary N) is 1. The number of anilines is 1. The molecule has 0 radical (unpaired) electrons. The van der Waals surface area contributed by atoms with Gasteiger partial charge in [0.2, 0.25) is 0 Å². The van der Waals surface area contributed by atoms with Crippen LogP contribution >= 0.6 is 11.6 Å². The SMILES string of the molecule is CC(C)CNCc1ccc(Cl)cc1N(C)CCCCCO. The zero-order valence-corrected chi connectivity index (χ0v) is 14.3. The highest BCUT2D eigenvalue weighted by atomic mass is 35.5. The lowest BCUT2D eigenvalue weighted by Gasteiger charge is -2.23. The zero-order valence-electron chi connectivity index (χ0n) is 13.5. The van der Waals surface area contributed by atoms with Gasteiger partial charge in [0.1, 0.15) is 0 Å². The van der Waals surface area contributed by atoms with Crippen LogP contribution in [0.1, 0.15) is 38.7 Å². The van der Waals surface area contributed by atoms with Crippen molar-refractivity contribution in [2.24, 2.45) is 5.92 Å². The lowest BCUT2D eigenvalue weighted by molar-refractivity contribution is 0.283. The molecule has 0 saturated carbocycles. The predicted molar refractivity (Wildman–Crippen MR) is 92.2 cm³/mol. The van der Waals surface area contributed by atoms with Crippen molar-refractivity contribution >= 4 is 17.3 Å². The van der Waals surface area contributed by atoms with Crippen LogP contribution in [0, 0.1) is 5.92 Å². The molecule has 0 heterocycles. The van der Waals surface area contributed by atoms with Crippen LogP contribution in [0.25, 0.3) is 0 Å². The largest absolute Gasteiger partial charge is 0.396 e. The molecule has 2 N–H and O–H groups in total. The molecule has 0 saturated heterocycles. The number of halogens is 1. The van der Waals surface area contributed by atoms with Crippen LogP contribution in [0.2, 0.25) is 5.02 Å². The first kappa shape index (κ1) is 18.3. The Labute approximate surface area is 134 Å². The van der Waals surface area contributed by atoms with Gasteiger partial charge < -0.3 is 15.3 Å². The van der Waals surface area contributed by atoms with E-state index in [1.54, 1.807) is 0 Å². The fourth-order valence-corrected chi connectivity index (χ4v) is 2.46. The van der Waals surface area contributed by atoms with Crippen molar-refractivity contribution in [3.63, 3.8) is 0 Å². The molecule has 0 unspecified atom stereocenters. The third kappa shape index (κ3) is 7.16. The summed E-state index contributed by atoms with van der Waals surface area (Å²) in [5.41, 5.74) is 2.48. The molecule has 0 aromatic heterocycles. The van der Waals surface area contributed by atoms with E-state index in [9.17, 15) is 0 Å². The maximum absolute atomic E-state index is 8.83. The van der Waals surface area contributed by atoms with E-state index in [2.05, 4.69) is 37.2 Å². The molecule has 1 aromatic carbocycles. The smallest absolute Gasteiger partial charge is 0.0431 e. The number of aliphatic hydroxyl groups is 1. The van der Waals surface area contributed by atoms with E-state index in [1.807, 2.05) is 12.1 Å². The Kier molecular flexibility index (Phi) is 8.74. The summed E-state index contributed by atoms with van der Waals surface area (Å²) < 4.78 is 0. The van der Waals surface area contributed by atoms with Crippen molar-refractivity contribution in [2.75, 3.05) is 31.6 Å². The van der Waals surface area contributed by atoms with E-state index in [0.717, 1.165) is 43.9 Å². The average molecular weight is 313 g/mol. The lowest BCUT2D eigenvalue weighted by Crippen LogP contribution is -2.23.